The maximum absolute atomic E-state index is 10.7. The summed E-state index contributed by atoms with van der Waals surface area (Å²) in [7, 11) is 0. The lowest BCUT2D eigenvalue weighted by Crippen LogP contribution is -2.31. The van der Waals surface area contributed by atoms with Crippen molar-refractivity contribution >= 4 is 33.2 Å². The van der Waals surface area contributed by atoms with Crippen LogP contribution in [0.1, 0.15) is 5.56 Å². The molecule has 0 radical (unpaired) electrons. The van der Waals surface area contributed by atoms with Crippen molar-refractivity contribution in [2.45, 2.75) is 11.9 Å². The predicted molar refractivity (Wildman–Crippen MR) is 71.5 cm³/mol. The Labute approximate surface area is 122 Å². The van der Waals surface area contributed by atoms with Gasteiger partial charge >= 0.3 is 0 Å². The molecule has 104 valence electrons. The van der Waals surface area contributed by atoms with Crippen molar-refractivity contribution in [2.75, 3.05) is 18.5 Å². The minimum Gasteiger partial charge on any atom is -0.394 e. The Kier molecular flexibility index (Phi) is 4.42. The molecule has 2 rings (SSSR count). The maximum atomic E-state index is 10.7. The molecule has 1 aliphatic heterocycles. The smallest absolute Gasteiger partial charge is 0.270 e. The molecule has 1 N–H and O–H groups in total. The molecule has 0 saturated carbocycles. The highest BCUT2D eigenvalue weighted by atomic mass is 79.9. The average Bonchev–Trinajstić information content (AvgIpc) is 2.83. The molecule has 1 aromatic rings. The molecule has 0 aromatic heterocycles. The van der Waals surface area contributed by atoms with Gasteiger partial charge in [0.1, 0.15) is 6.10 Å². The van der Waals surface area contributed by atoms with Gasteiger partial charge < -0.3 is 14.6 Å². The van der Waals surface area contributed by atoms with Crippen LogP contribution in [0.25, 0.3) is 0 Å². The number of hydrogen-bond donors (Lipinski definition) is 1. The molecule has 0 bridgehead atoms. The molecule has 2 atom stereocenters. The first-order valence-corrected chi connectivity index (χ1v) is 6.95. The second kappa shape index (κ2) is 5.72. The van der Waals surface area contributed by atoms with Crippen LogP contribution >= 0.6 is 27.5 Å². The van der Waals surface area contributed by atoms with Gasteiger partial charge in [-0.1, -0.05) is 27.5 Å². The zero-order valence-electron chi connectivity index (χ0n) is 9.71. The number of rotatable bonds is 4. The number of nitro groups is 1. The average molecular weight is 353 g/mol. The van der Waals surface area contributed by atoms with E-state index in [-0.39, 0.29) is 23.9 Å². The summed E-state index contributed by atoms with van der Waals surface area (Å²) in [5.74, 6) is -1.13. The van der Waals surface area contributed by atoms with Gasteiger partial charge in [-0.2, -0.15) is 0 Å². The topological polar surface area (TPSA) is 81.8 Å². The van der Waals surface area contributed by atoms with E-state index in [9.17, 15) is 10.1 Å². The van der Waals surface area contributed by atoms with E-state index in [1.54, 1.807) is 0 Å². The molecule has 0 aliphatic carbocycles. The van der Waals surface area contributed by atoms with Crippen LogP contribution in [0.5, 0.6) is 0 Å². The van der Waals surface area contributed by atoms with Crippen molar-refractivity contribution in [3.8, 4) is 0 Å². The van der Waals surface area contributed by atoms with Crippen LogP contribution in [-0.2, 0) is 15.3 Å². The third-order valence-corrected chi connectivity index (χ3v) is 3.86. The molecule has 0 spiro atoms. The van der Waals surface area contributed by atoms with Crippen molar-refractivity contribution in [3.05, 3.63) is 38.9 Å². The van der Waals surface area contributed by atoms with E-state index in [2.05, 4.69) is 15.9 Å². The fraction of sp³-hybridized carbons (Fsp3) is 0.455. The van der Waals surface area contributed by atoms with Crippen LogP contribution in [0.15, 0.2) is 18.2 Å². The lowest BCUT2D eigenvalue weighted by molar-refractivity contribution is -0.384. The van der Waals surface area contributed by atoms with Crippen molar-refractivity contribution in [1.82, 2.24) is 0 Å². The van der Waals surface area contributed by atoms with Gasteiger partial charge in [0.2, 0.25) is 5.79 Å². The van der Waals surface area contributed by atoms with E-state index in [1.807, 2.05) is 0 Å². The molecular weight excluding hydrogens is 341 g/mol. The summed E-state index contributed by atoms with van der Waals surface area (Å²) in [6, 6.07) is 4.09. The molecule has 1 heterocycles. The van der Waals surface area contributed by atoms with Crippen LogP contribution in [0.4, 0.5) is 5.69 Å². The number of alkyl halides is 1. The highest BCUT2D eigenvalue weighted by molar-refractivity contribution is 9.09. The number of nitrogens with zero attached hydrogens (tertiary/aromatic N) is 1. The van der Waals surface area contributed by atoms with Crippen molar-refractivity contribution in [1.29, 1.82) is 0 Å². The summed E-state index contributed by atoms with van der Waals surface area (Å²) in [4.78, 5) is 10.2. The van der Waals surface area contributed by atoms with Gasteiger partial charge in [-0.25, -0.2) is 0 Å². The van der Waals surface area contributed by atoms with E-state index >= 15 is 0 Å². The van der Waals surface area contributed by atoms with E-state index < -0.39 is 16.8 Å². The lowest BCUT2D eigenvalue weighted by atomic mass is 10.1. The summed E-state index contributed by atoms with van der Waals surface area (Å²) in [5, 5.41) is 20.2. The van der Waals surface area contributed by atoms with Crippen LogP contribution in [0, 0.1) is 10.1 Å². The first-order valence-electron chi connectivity index (χ1n) is 5.45. The summed E-state index contributed by atoms with van der Waals surface area (Å²) < 4.78 is 11.2. The van der Waals surface area contributed by atoms with Crippen molar-refractivity contribution in [3.63, 3.8) is 0 Å². The normalized spacial score (nSPS) is 26.6. The Morgan fingerprint density at radius 1 is 1.63 bits per heavy atom. The Balaban J connectivity index is 2.37. The van der Waals surface area contributed by atoms with E-state index in [1.165, 1.54) is 18.2 Å². The molecule has 1 saturated heterocycles. The highest BCUT2D eigenvalue weighted by Gasteiger charge is 2.43. The second-order valence-electron chi connectivity index (χ2n) is 4.04. The number of aliphatic hydroxyl groups excluding tert-OH is 1. The molecule has 2 unspecified atom stereocenters. The molecule has 1 aliphatic rings. The zero-order chi connectivity index (χ0) is 14.0. The first-order chi connectivity index (χ1) is 9.02. The van der Waals surface area contributed by atoms with E-state index in [0.29, 0.717) is 10.9 Å². The van der Waals surface area contributed by atoms with Gasteiger partial charge in [0.05, 0.1) is 28.5 Å². The summed E-state index contributed by atoms with van der Waals surface area (Å²) in [5.41, 5.74) is 0.391. The van der Waals surface area contributed by atoms with Gasteiger partial charge in [-0.3, -0.25) is 10.1 Å². The number of aliphatic hydroxyl groups is 1. The first kappa shape index (κ1) is 14.7. The predicted octanol–water partition coefficient (Wildman–Crippen LogP) is 2.20. The third-order valence-electron chi connectivity index (χ3n) is 2.81. The number of halogens is 2. The maximum Gasteiger partial charge on any atom is 0.270 e. The molecule has 6 nitrogen and oxygen atoms in total. The van der Waals surface area contributed by atoms with Gasteiger partial charge in [-0.15, -0.1) is 0 Å². The summed E-state index contributed by atoms with van der Waals surface area (Å²) in [6.07, 6.45) is -0.441. The number of nitro benzene ring substituents is 1. The molecule has 1 fully saturated rings. The Hall–Kier alpha value is -0.730. The molecule has 1 aromatic carbocycles. The largest absolute Gasteiger partial charge is 0.394 e. The third kappa shape index (κ3) is 2.75. The van der Waals surface area contributed by atoms with Crippen LogP contribution in [-0.4, -0.2) is 34.7 Å². The Morgan fingerprint density at radius 3 is 2.84 bits per heavy atom. The Morgan fingerprint density at radius 2 is 2.37 bits per heavy atom. The highest BCUT2D eigenvalue weighted by Crippen LogP contribution is 2.40. The summed E-state index contributed by atoms with van der Waals surface area (Å²) in [6.45, 7) is 0.0643. The summed E-state index contributed by atoms with van der Waals surface area (Å²) >= 11 is 9.35. The van der Waals surface area contributed by atoms with Crippen molar-refractivity contribution < 1.29 is 19.5 Å². The van der Waals surface area contributed by atoms with Crippen LogP contribution in [0.3, 0.4) is 0 Å². The van der Waals surface area contributed by atoms with Gasteiger partial charge in [0.15, 0.2) is 0 Å². The second-order valence-corrected chi connectivity index (χ2v) is 5.01. The molecular formula is C11H11BrClNO5. The number of ether oxygens (including phenoxy) is 2. The van der Waals surface area contributed by atoms with Gasteiger partial charge in [0.25, 0.3) is 5.69 Å². The Bertz CT molecular complexity index is 500. The van der Waals surface area contributed by atoms with Crippen LogP contribution in [0.2, 0.25) is 5.02 Å². The molecule has 8 heteroatoms. The van der Waals surface area contributed by atoms with Gasteiger partial charge in [-0.05, 0) is 6.07 Å². The fourth-order valence-electron chi connectivity index (χ4n) is 1.86. The standard InChI is InChI=1S/C11H11BrClNO5/c12-6-11(18-5-8(4-15)19-11)9-2-1-7(14(16)17)3-10(9)13/h1-3,8,15H,4-6H2. The van der Waals surface area contributed by atoms with Crippen LogP contribution < -0.4 is 0 Å². The van der Waals surface area contributed by atoms with E-state index in [4.69, 9.17) is 26.2 Å². The number of non-ortho nitro benzene ring substituents is 1. The number of hydrogen-bond acceptors (Lipinski definition) is 5. The monoisotopic (exact) mass is 351 g/mol. The SMILES string of the molecule is O=[N+]([O-])c1ccc(C2(CBr)OCC(CO)O2)c(Cl)c1. The van der Waals surface area contributed by atoms with Crippen molar-refractivity contribution in [2.24, 2.45) is 0 Å². The molecule has 19 heavy (non-hydrogen) atoms. The fourth-order valence-corrected chi connectivity index (χ4v) is 2.78. The van der Waals surface area contributed by atoms with E-state index in [0.717, 1.165) is 0 Å². The van der Waals surface area contributed by atoms with Gasteiger partial charge in [0, 0.05) is 17.7 Å². The minimum absolute atomic E-state index is 0.102. The quantitative estimate of drug-likeness (QED) is 0.510. The zero-order valence-corrected chi connectivity index (χ0v) is 12.1. The number of benzene rings is 1. The molecule has 0 amide bonds. The lowest BCUT2D eigenvalue weighted by Gasteiger charge is -2.27. The minimum atomic E-state index is -1.13.